The molecule has 2 aromatic heterocycles. The first-order valence-electron chi connectivity index (χ1n) is 12.1. The predicted molar refractivity (Wildman–Crippen MR) is 143 cm³/mol. The first kappa shape index (κ1) is 24.0. The first-order valence-corrected chi connectivity index (χ1v) is 12.1. The minimum Gasteiger partial charge on any atom is -0.454 e. The van der Waals surface area contributed by atoms with Crippen molar-refractivity contribution in [3.05, 3.63) is 95.3 Å². The van der Waals surface area contributed by atoms with Gasteiger partial charge in [-0.05, 0) is 50.2 Å². The van der Waals surface area contributed by atoms with Gasteiger partial charge in [0.15, 0.2) is 11.5 Å². The summed E-state index contributed by atoms with van der Waals surface area (Å²) < 4.78 is 18.3. The monoisotopic (exact) mass is 521 g/mol. The Morgan fingerprint density at radius 1 is 0.923 bits per heavy atom. The summed E-state index contributed by atoms with van der Waals surface area (Å²) in [6.45, 7) is 3.88. The highest BCUT2D eigenvalue weighted by atomic mass is 16.7. The van der Waals surface area contributed by atoms with Crippen LogP contribution in [0.25, 0.3) is 28.1 Å². The number of fused-ring (bicyclic) bond motifs is 1. The summed E-state index contributed by atoms with van der Waals surface area (Å²) in [5, 5.41) is 11.9. The van der Waals surface area contributed by atoms with Crippen molar-refractivity contribution in [1.29, 1.82) is 0 Å². The van der Waals surface area contributed by atoms with E-state index in [2.05, 4.69) is 10.5 Å². The van der Waals surface area contributed by atoms with Gasteiger partial charge in [0.1, 0.15) is 5.69 Å². The number of carbonyl (C=O) groups is 2. The van der Waals surface area contributed by atoms with Crippen LogP contribution in [0.5, 0.6) is 11.5 Å². The number of nitrogens with one attached hydrogen (secondary N) is 1. The van der Waals surface area contributed by atoms with Crippen molar-refractivity contribution in [1.82, 2.24) is 14.9 Å². The number of ether oxygens (including phenoxy) is 2. The Labute approximate surface area is 222 Å². The minimum absolute atomic E-state index is 0.0626. The number of benzene rings is 3. The maximum absolute atomic E-state index is 13.3. The van der Waals surface area contributed by atoms with E-state index in [0.717, 1.165) is 11.4 Å². The third-order valence-electron chi connectivity index (χ3n) is 6.54. The SMILES string of the molecule is Cc1nn(-c2ccccc2)c(C)c1-c1noc(NC(=O)c2ccc3c(c2)OCO3)c1-c1ccccc1C(N)=O. The van der Waals surface area contributed by atoms with Gasteiger partial charge in [-0.3, -0.25) is 14.9 Å². The Hall–Kier alpha value is -5.38. The van der Waals surface area contributed by atoms with Crippen molar-refractivity contribution in [2.45, 2.75) is 13.8 Å². The van der Waals surface area contributed by atoms with Gasteiger partial charge in [0, 0.05) is 22.3 Å². The molecule has 0 aliphatic carbocycles. The third-order valence-corrected chi connectivity index (χ3v) is 6.54. The molecule has 6 rings (SSSR count). The van der Waals surface area contributed by atoms with E-state index in [0.29, 0.717) is 45.1 Å². The average Bonchev–Trinajstić information content (AvgIpc) is 3.65. The molecule has 0 radical (unpaired) electrons. The van der Waals surface area contributed by atoms with Crippen molar-refractivity contribution < 1.29 is 23.6 Å². The second-order valence-corrected chi connectivity index (χ2v) is 8.96. The van der Waals surface area contributed by atoms with Gasteiger partial charge >= 0.3 is 0 Å². The van der Waals surface area contributed by atoms with Gasteiger partial charge in [-0.1, -0.05) is 41.6 Å². The lowest BCUT2D eigenvalue weighted by Crippen LogP contribution is -2.14. The van der Waals surface area contributed by atoms with Gasteiger partial charge in [-0.2, -0.15) is 5.10 Å². The number of nitrogens with zero attached hydrogens (tertiary/aromatic N) is 3. The highest BCUT2D eigenvalue weighted by Gasteiger charge is 2.29. The van der Waals surface area contributed by atoms with Crippen molar-refractivity contribution >= 4 is 17.7 Å². The largest absolute Gasteiger partial charge is 0.454 e. The number of anilines is 1. The smallest absolute Gasteiger partial charge is 0.258 e. The fourth-order valence-corrected chi connectivity index (χ4v) is 4.73. The fourth-order valence-electron chi connectivity index (χ4n) is 4.73. The number of primary amides is 1. The van der Waals surface area contributed by atoms with E-state index in [-0.39, 0.29) is 18.2 Å². The molecule has 1 aliphatic rings. The normalized spacial score (nSPS) is 11.9. The van der Waals surface area contributed by atoms with Crippen LogP contribution < -0.4 is 20.5 Å². The number of amides is 2. The Bertz CT molecular complexity index is 1740. The summed E-state index contributed by atoms with van der Waals surface area (Å²) in [5.41, 5.74) is 10.7. The van der Waals surface area contributed by atoms with Crippen LogP contribution in [0.15, 0.2) is 77.3 Å². The Morgan fingerprint density at radius 2 is 1.67 bits per heavy atom. The zero-order valence-electron chi connectivity index (χ0n) is 21.1. The van der Waals surface area contributed by atoms with Crippen molar-refractivity contribution in [3.8, 4) is 39.6 Å². The maximum atomic E-state index is 13.3. The zero-order chi connectivity index (χ0) is 27.1. The van der Waals surface area contributed by atoms with Gasteiger partial charge in [0.25, 0.3) is 5.91 Å². The molecule has 0 saturated carbocycles. The van der Waals surface area contributed by atoms with E-state index in [4.69, 9.17) is 24.8 Å². The van der Waals surface area contributed by atoms with Crippen LogP contribution in [-0.4, -0.2) is 33.5 Å². The van der Waals surface area contributed by atoms with Gasteiger partial charge in [0.2, 0.25) is 18.6 Å². The number of rotatable bonds is 6. The van der Waals surface area contributed by atoms with Crippen LogP contribution in [0.2, 0.25) is 0 Å². The van der Waals surface area contributed by atoms with Crippen LogP contribution in [0.4, 0.5) is 5.88 Å². The number of aromatic nitrogens is 3. The summed E-state index contributed by atoms with van der Waals surface area (Å²) in [7, 11) is 0. The molecule has 10 nitrogen and oxygen atoms in total. The van der Waals surface area contributed by atoms with Crippen molar-refractivity contribution in [3.63, 3.8) is 0 Å². The van der Waals surface area contributed by atoms with Crippen LogP contribution in [0.3, 0.4) is 0 Å². The second-order valence-electron chi connectivity index (χ2n) is 8.96. The lowest BCUT2D eigenvalue weighted by Gasteiger charge is -2.10. The van der Waals surface area contributed by atoms with Crippen molar-refractivity contribution in [2.24, 2.45) is 5.73 Å². The average molecular weight is 522 g/mol. The predicted octanol–water partition coefficient (Wildman–Crippen LogP) is 4.89. The molecule has 0 atom stereocenters. The maximum Gasteiger partial charge on any atom is 0.258 e. The molecule has 3 aromatic carbocycles. The van der Waals surface area contributed by atoms with Crippen LogP contribution in [-0.2, 0) is 0 Å². The van der Waals surface area contributed by atoms with Gasteiger partial charge in [-0.15, -0.1) is 0 Å². The molecule has 0 bridgehead atoms. The third kappa shape index (κ3) is 4.17. The standard InChI is InChI=1S/C29H23N5O5/c1-16-24(17(2)34(32-16)19-8-4-3-5-9-19)26-25(20-10-6-7-11-21(20)27(30)35)29(39-33-26)31-28(36)18-12-13-22-23(14-18)38-15-37-22/h3-14H,15H2,1-2H3,(H2,30,35)(H,31,36). The molecule has 0 fully saturated rings. The van der Waals surface area contributed by atoms with Gasteiger partial charge < -0.3 is 19.7 Å². The molecule has 10 heteroatoms. The number of hydrogen-bond acceptors (Lipinski definition) is 7. The molecule has 0 saturated heterocycles. The first-order chi connectivity index (χ1) is 18.9. The lowest BCUT2D eigenvalue weighted by molar-refractivity contribution is 0.0998. The topological polar surface area (TPSA) is 134 Å². The molecule has 1 aliphatic heterocycles. The van der Waals surface area contributed by atoms with Crippen LogP contribution in [0, 0.1) is 13.8 Å². The van der Waals surface area contributed by atoms with Gasteiger partial charge in [0.05, 0.1) is 22.6 Å². The molecule has 5 aromatic rings. The van der Waals surface area contributed by atoms with Gasteiger partial charge in [-0.25, -0.2) is 4.68 Å². The number of aryl methyl sites for hydroxylation is 1. The van der Waals surface area contributed by atoms with E-state index in [1.54, 1.807) is 42.5 Å². The number of para-hydroxylation sites is 1. The molecular formula is C29H23N5O5. The van der Waals surface area contributed by atoms with E-state index >= 15 is 0 Å². The Morgan fingerprint density at radius 3 is 2.46 bits per heavy atom. The van der Waals surface area contributed by atoms with Crippen LogP contribution in [0.1, 0.15) is 32.1 Å². The summed E-state index contributed by atoms with van der Waals surface area (Å²) in [5.74, 6) is 0.0137. The quantitative estimate of drug-likeness (QED) is 0.325. The minimum atomic E-state index is -0.626. The Balaban J connectivity index is 1.49. The second kappa shape index (κ2) is 9.49. The molecule has 0 spiro atoms. The highest BCUT2D eigenvalue weighted by molar-refractivity contribution is 6.09. The number of carbonyl (C=O) groups excluding carboxylic acids is 2. The van der Waals surface area contributed by atoms with E-state index < -0.39 is 11.8 Å². The Kier molecular flexibility index (Phi) is 5.84. The zero-order valence-corrected chi connectivity index (χ0v) is 21.1. The molecule has 3 heterocycles. The summed E-state index contributed by atoms with van der Waals surface area (Å²) >= 11 is 0. The van der Waals surface area contributed by atoms with Crippen molar-refractivity contribution in [2.75, 3.05) is 12.1 Å². The van der Waals surface area contributed by atoms with Crippen LogP contribution >= 0.6 is 0 Å². The number of nitrogens with two attached hydrogens (primary N) is 1. The fraction of sp³-hybridized carbons (Fsp3) is 0.103. The van der Waals surface area contributed by atoms with E-state index in [1.807, 2.05) is 48.9 Å². The molecule has 194 valence electrons. The summed E-state index contributed by atoms with van der Waals surface area (Å²) in [6.07, 6.45) is 0. The number of hydrogen-bond donors (Lipinski definition) is 2. The molecule has 0 unspecified atom stereocenters. The lowest BCUT2D eigenvalue weighted by atomic mass is 9.95. The molecule has 39 heavy (non-hydrogen) atoms. The summed E-state index contributed by atoms with van der Waals surface area (Å²) in [4.78, 5) is 25.7. The van der Waals surface area contributed by atoms with E-state index in [9.17, 15) is 9.59 Å². The van der Waals surface area contributed by atoms with E-state index in [1.165, 1.54) is 0 Å². The summed E-state index contributed by atoms with van der Waals surface area (Å²) in [6, 6.07) is 21.4. The molecule has 3 N–H and O–H groups in total. The molecular weight excluding hydrogens is 498 g/mol. The molecule has 2 amide bonds. The highest BCUT2D eigenvalue weighted by Crippen LogP contribution is 2.42.